The molecule has 0 aliphatic heterocycles. The summed E-state index contributed by atoms with van der Waals surface area (Å²) in [6.45, 7) is 1.81. The number of carbonyl (C=O) groups is 1. The number of aryl methyl sites for hydroxylation is 1. The van der Waals surface area contributed by atoms with Crippen LogP contribution in [-0.2, 0) is 4.79 Å². The highest BCUT2D eigenvalue weighted by atomic mass is 35.5. The molecule has 0 aromatic heterocycles. The Morgan fingerprint density at radius 1 is 1.14 bits per heavy atom. The third kappa shape index (κ3) is 4.34. The van der Waals surface area contributed by atoms with Crippen molar-refractivity contribution < 1.29 is 9.18 Å². The minimum atomic E-state index is -0.310. The lowest BCUT2D eigenvalue weighted by Gasteiger charge is -2.11. The van der Waals surface area contributed by atoms with E-state index in [0.717, 1.165) is 5.56 Å². The summed E-state index contributed by atoms with van der Waals surface area (Å²) >= 11 is 11.8. The molecule has 0 saturated carbocycles. The zero-order chi connectivity index (χ0) is 15.4. The van der Waals surface area contributed by atoms with Crippen molar-refractivity contribution in [2.45, 2.75) is 6.92 Å². The molecule has 2 N–H and O–H groups in total. The molecule has 3 nitrogen and oxygen atoms in total. The molecule has 6 heteroatoms. The smallest absolute Gasteiger partial charge is 0.243 e. The molecule has 0 unspecified atom stereocenters. The van der Waals surface area contributed by atoms with Crippen LogP contribution in [0.4, 0.5) is 15.8 Å². The Morgan fingerprint density at radius 3 is 2.52 bits per heavy atom. The summed E-state index contributed by atoms with van der Waals surface area (Å²) in [6.07, 6.45) is 0. The Labute approximate surface area is 132 Å². The number of hydrogen-bond acceptors (Lipinski definition) is 2. The van der Waals surface area contributed by atoms with Gasteiger partial charge in [-0.25, -0.2) is 4.39 Å². The van der Waals surface area contributed by atoms with Crippen LogP contribution in [0.15, 0.2) is 36.4 Å². The standard InChI is InChI=1S/C15H13Cl2FN2O/c1-9-6-11(18)3-5-13(9)19-8-15(21)20-14-4-2-10(16)7-12(14)17/h2-7,19H,8H2,1H3,(H,20,21). The van der Waals surface area contributed by atoms with E-state index in [1.165, 1.54) is 12.1 Å². The molecule has 21 heavy (non-hydrogen) atoms. The van der Waals surface area contributed by atoms with E-state index in [4.69, 9.17) is 23.2 Å². The van der Waals surface area contributed by atoms with Gasteiger partial charge >= 0.3 is 0 Å². The zero-order valence-electron chi connectivity index (χ0n) is 11.2. The van der Waals surface area contributed by atoms with Crippen molar-refractivity contribution in [3.63, 3.8) is 0 Å². The first kappa shape index (κ1) is 15.6. The number of hydrogen-bond donors (Lipinski definition) is 2. The van der Waals surface area contributed by atoms with Crippen molar-refractivity contribution in [2.75, 3.05) is 17.2 Å². The Morgan fingerprint density at radius 2 is 1.86 bits per heavy atom. The fourth-order valence-corrected chi connectivity index (χ4v) is 2.24. The van der Waals surface area contributed by atoms with Gasteiger partial charge in [0.2, 0.25) is 5.91 Å². The molecule has 1 amide bonds. The second kappa shape index (κ2) is 6.78. The van der Waals surface area contributed by atoms with Crippen LogP contribution in [0.3, 0.4) is 0 Å². The van der Waals surface area contributed by atoms with Gasteiger partial charge in [0.05, 0.1) is 17.3 Å². The van der Waals surface area contributed by atoms with Crippen molar-refractivity contribution in [1.29, 1.82) is 0 Å². The largest absolute Gasteiger partial charge is 0.376 e. The van der Waals surface area contributed by atoms with Gasteiger partial charge in [0.25, 0.3) is 0 Å². The lowest BCUT2D eigenvalue weighted by Crippen LogP contribution is -2.22. The van der Waals surface area contributed by atoms with E-state index in [9.17, 15) is 9.18 Å². The number of carbonyl (C=O) groups excluding carboxylic acids is 1. The molecule has 2 rings (SSSR count). The summed E-state index contributed by atoms with van der Waals surface area (Å²) in [5.41, 5.74) is 1.92. The van der Waals surface area contributed by atoms with Crippen molar-refractivity contribution in [2.24, 2.45) is 0 Å². The Balaban J connectivity index is 1.96. The zero-order valence-corrected chi connectivity index (χ0v) is 12.7. The molecule has 0 saturated heterocycles. The topological polar surface area (TPSA) is 41.1 Å². The molecule has 0 radical (unpaired) electrons. The summed E-state index contributed by atoms with van der Waals surface area (Å²) in [4.78, 5) is 11.9. The second-order valence-corrected chi connectivity index (χ2v) is 5.33. The number of rotatable bonds is 4. The van der Waals surface area contributed by atoms with Crippen molar-refractivity contribution in [3.8, 4) is 0 Å². The minimum Gasteiger partial charge on any atom is -0.376 e. The average Bonchev–Trinajstić information content (AvgIpc) is 2.41. The molecule has 0 bridgehead atoms. The van der Waals surface area contributed by atoms with Crippen LogP contribution in [-0.4, -0.2) is 12.5 Å². The van der Waals surface area contributed by atoms with Gasteiger partial charge in [0, 0.05) is 10.7 Å². The highest BCUT2D eigenvalue weighted by Gasteiger charge is 2.07. The minimum absolute atomic E-state index is 0.0471. The fraction of sp³-hybridized carbons (Fsp3) is 0.133. The summed E-state index contributed by atoms with van der Waals surface area (Å²) in [5, 5.41) is 6.48. The Kier molecular flexibility index (Phi) is 5.04. The maximum Gasteiger partial charge on any atom is 0.243 e. The molecular weight excluding hydrogens is 314 g/mol. The summed E-state index contributed by atoms with van der Waals surface area (Å²) in [5.74, 6) is -0.571. The molecular formula is C15H13Cl2FN2O. The molecule has 0 heterocycles. The monoisotopic (exact) mass is 326 g/mol. The first-order chi connectivity index (χ1) is 9.95. The summed E-state index contributed by atoms with van der Waals surface area (Å²) < 4.78 is 13.0. The normalized spacial score (nSPS) is 10.3. The number of benzene rings is 2. The number of halogens is 3. The molecule has 0 aliphatic rings. The van der Waals surface area contributed by atoms with E-state index < -0.39 is 0 Å². The van der Waals surface area contributed by atoms with Gasteiger partial charge in [-0.15, -0.1) is 0 Å². The van der Waals surface area contributed by atoms with Crippen LogP contribution in [0.1, 0.15) is 5.56 Å². The first-order valence-corrected chi connectivity index (χ1v) is 6.96. The fourth-order valence-electron chi connectivity index (χ4n) is 1.79. The second-order valence-electron chi connectivity index (χ2n) is 4.49. The Hall–Kier alpha value is -1.78. The van der Waals surface area contributed by atoms with Crippen molar-refractivity contribution >= 4 is 40.5 Å². The first-order valence-electron chi connectivity index (χ1n) is 6.20. The molecule has 2 aromatic carbocycles. The van der Waals surface area contributed by atoms with E-state index in [1.807, 2.05) is 0 Å². The highest BCUT2D eigenvalue weighted by Crippen LogP contribution is 2.25. The van der Waals surface area contributed by atoms with E-state index >= 15 is 0 Å². The van der Waals surface area contributed by atoms with Gasteiger partial charge in [-0.1, -0.05) is 23.2 Å². The SMILES string of the molecule is Cc1cc(F)ccc1NCC(=O)Nc1ccc(Cl)cc1Cl. The Bertz CT molecular complexity index is 677. The van der Waals surface area contributed by atoms with Crippen LogP contribution in [0.25, 0.3) is 0 Å². The van der Waals surface area contributed by atoms with Gasteiger partial charge in [-0.2, -0.15) is 0 Å². The van der Waals surface area contributed by atoms with E-state index in [0.29, 0.717) is 21.4 Å². The van der Waals surface area contributed by atoms with Crippen LogP contribution < -0.4 is 10.6 Å². The average molecular weight is 327 g/mol. The van der Waals surface area contributed by atoms with Gasteiger partial charge in [-0.3, -0.25) is 4.79 Å². The van der Waals surface area contributed by atoms with Crippen molar-refractivity contribution in [3.05, 3.63) is 57.8 Å². The number of amides is 1. The summed E-state index contributed by atoms with van der Waals surface area (Å²) in [7, 11) is 0. The lowest BCUT2D eigenvalue weighted by atomic mass is 10.2. The number of anilines is 2. The molecule has 0 aliphatic carbocycles. The third-order valence-corrected chi connectivity index (χ3v) is 3.38. The molecule has 110 valence electrons. The maximum absolute atomic E-state index is 13.0. The predicted molar refractivity (Wildman–Crippen MR) is 84.7 cm³/mol. The van der Waals surface area contributed by atoms with Gasteiger partial charge in [0.1, 0.15) is 5.82 Å². The highest BCUT2D eigenvalue weighted by molar-refractivity contribution is 6.36. The van der Waals surface area contributed by atoms with E-state index in [-0.39, 0.29) is 18.3 Å². The van der Waals surface area contributed by atoms with E-state index in [2.05, 4.69) is 10.6 Å². The van der Waals surface area contributed by atoms with Crippen LogP contribution >= 0.6 is 23.2 Å². The number of nitrogens with one attached hydrogen (secondary N) is 2. The van der Waals surface area contributed by atoms with Gasteiger partial charge < -0.3 is 10.6 Å². The summed E-state index contributed by atoms with van der Waals surface area (Å²) in [6, 6.07) is 9.15. The van der Waals surface area contributed by atoms with E-state index in [1.54, 1.807) is 31.2 Å². The van der Waals surface area contributed by atoms with Crippen LogP contribution in [0.2, 0.25) is 10.0 Å². The van der Waals surface area contributed by atoms with Crippen molar-refractivity contribution in [1.82, 2.24) is 0 Å². The van der Waals surface area contributed by atoms with Gasteiger partial charge in [-0.05, 0) is 48.9 Å². The van der Waals surface area contributed by atoms with Gasteiger partial charge in [0.15, 0.2) is 0 Å². The molecule has 2 aromatic rings. The van der Waals surface area contributed by atoms with Crippen LogP contribution in [0.5, 0.6) is 0 Å². The molecule has 0 atom stereocenters. The quantitative estimate of drug-likeness (QED) is 0.869. The van der Waals surface area contributed by atoms with Crippen LogP contribution in [0, 0.1) is 12.7 Å². The molecule has 0 spiro atoms. The third-order valence-electron chi connectivity index (χ3n) is 2.83. The molecule has 0 fully saturated rings. The maximum atomic E-state index is 13.0. The predicted octanol–water partition coefficient (Wildman–Crippen LogP) is 4.49. The lowest BCUT2D eigenvalue weighted by molar-refractivity contribution is -0.114.